The van der Waals surface area contributed by atoms with Crippen LogP contribution in [-0.2, 0) is 20.9 Å². The highest BCUT2D eigenvalue weighted by molar-refractivity contribution is 5.88. The Morgan fingerprint density at radius 1 is 1.40 bits per heavy atom. The Balaban J connectivity index is 1.74. The molecule has 158 valence electrons. The van der Waals surface area contributed by atoms with E-state index in [1.165, 1.54) is 29.0 Å². The predicted octanol–water partition coefficient (Wildman–Crippen LogP) is 3.10. The van der Waals surface area contributed by atoms with Crippen molar-refractivity contribution in [2.45, 2.75) is 38.8 Å². The van der Waals surface area contributed by atoms with Gasteiger partial charge in [-0.1, -0.05) is 0 Å². The minimum atomic E-state index is -2.75. The van der Waals surface area contributed by atoms with Crippen LogP contribution < -0.4 is 0 Å². The van der Waals surface area contributed by atoms with Crippen LogP contribution in [0.4, 0.5) is 8.78 Å². The first kappa shape index (κ1) is 20.0. The average molecular weight is 418 g/mol. The van der Waals surface area contributed by atoms with Gasteiger partial charge >= 0.3 is 5.97 Å². The van der Waals surface area contributed by atoms with Gasteiger partial charge in [0.05, 0.1) is 24.5 Å². The molecule has 10 heteroatoms. The summed E-state index contributed by atoms with van der Waals surface area (Å²) < 4.78 is 38.9. The molecule has 0 radical (unpaired) electrons. The summed E-state index contributed by atoms with van der Waals surface area (Å²) in [7, 11) is 1.28. The van der Waals surface area contributed by atoms with Crippen LogP contribution in [0.3, 0.4) is 0 Å². The van der Waals surface area contributed by atoms with Crippen molar-refractivity contribution >= 4 is 22.9 Å². The number of pyridine rings is 1. The van der Waals surface area contributed by atoms with Crippen LogP contribution in [0.5, 0.6) is 0 Å². The van der Waals surface area contributed by atoms with Gasteiger partial charge < -0.3 is 14.1 Å². The highest BCUT2D eigenvalue weighted by Crippen LogP contribution is 2.33. The minimum absolute atomic E-state index is 0.166. The van der Waals surface area contributed by atoms with Crippen molar-refractivity contribution in [2.75, 3.05) is 13.7 Å². The second kappa shape index (κ2) is 7.85. The molecule has 4 rings (SSSR count). The topological polar surface area (TPSA) is 90.5 Å². The van der Waals surface area contributed by atoms with Crippen LogP contribution in [0.1, 0.15) is 30.5 Å². The van der Waals surface area contributed by atoms with Gasteiger partial charge in [-0.3, -0.25) is 4.79 Å². The third-order valence-corrected chi connectivity index (χ3v) is 5.25. The van der Waals surface area contributed by atoms with Gasteiger partial charge in [0.25, 0.3) is 6.43 Å². The molecule has 0 spiro atoms. The Bertz CT molecular complexity index is 1090. The molecule has 3 aromatic rings. The first-order chi connectivity index (χ1) is 14.4. The summed E-state index contributed by atoms with van der Waals surface area (Å²) in [5, 5.41) is 4.49. The van der Waals surface area contributed by atoms with Gasteiger partial charge in [0.15, 0.2) is 11.4 Å². The van der Waals surface area contributed by atoms with E-state index in [1.807, 2.05) is 0 Å². The molecule has 1 fully saturated rings. The molecule has 0 N–H and O–H groups in total. The molecule has 0 saturated carbocycles. The Kier molecular flexibility index (Phi) is 5.23. The highest BCUT2D eigenvalue weighted by atomic mass is 19.3. The molecule has 1 saturated heterocycles. The SMILES string of the molecule is COC(=O)C1CCCN1C(=O)Cn1nc(C)c2c(C(F)F)cc(-c3ccco3)nc21. The highest BCUT2D eigenvalue weighted by Gasteiger charge is 2.35. The zero-order valence-corrected chi connectivity index (χ0v) is 16.5. The molecule has 0 aliphatic carbocycles. The van der Waals surface area contributed by atoms with Crippen molar-refractivity contribution in [3.8, 4) is 11.5 Å². The lowest BCUT2D eigenvalue weighted by Crippen LogP contribution is -2.42. The van der Waals surface area contributed by atoms with E-state index in [1.54, 1.807) is 19.1 Å². The largest absolute Gasteiger partial charge is 0.467 e. The smallest absolute Gasteiger partial charge is 0.328 e. The molecular formula is C20H20F2N4O4. The Hall–Kier alpha value is -3.30. The van der Waals surface area contributed by atoms with Crippen molar-refractivity contribution in [2.24, 2.45) is 0 Å². The number of aryl methyl sites for hydroxylation is 1. The lowest BCUT2D eigenvalue weighted by atomic mass is 10.1. The number of amides is 1. The molecule has 4 heterocycles. The van der Waals surface area contributed by atoms with Crippen LogP contribution in [-0.4, -0.2) is 51.2 Å². The van der Waals surface area contributed by atoms with Crippen LogP contribution >= 0.6 is 0 Å². The number of hydrogen-bond acceptors (Lipinski definition) is 6. The number of esters is 1. The molecule has 0 aromatic carbocycles. The maximum atomic E-state index is 13.8. The third kappa shape index (κ3) is 3.42. The van der Waals surface area contributed by atoms with Gasteiger partial charge in [-0.25, -0.2) is 23.2 Å². The van der Waals surface area contributed by atoms with Gasteiger partial charge in [0.1, 0.15) is 18.3 Å². The summed E-state index contributed by atoms with van der Waals surface area (Å²) in [4.78, 5) is 30.7. The molecule has 1 aliphatic heterocycles. The number of likely N-dealkylation sites (tertiary alicyclic amines) is 1. The van der Waals surface area contributed by atoms with E-state index in [4.69, 9.17) is 9.15 Å². The van der Waals surface area contributed by atoms with Gasteiger partial charge in [0.2, 0.25) is 5.91 Å². The first-order valence-electron chi connectivity index (χ1n) is 9.48. The number of aromatic nitrogens is 3. The predicted molar refractivity (Wildman–Crippen MR) is 102 cm³/mol. The standard InChI is InChI=1S/C20H20F2N4O4/c1-11-17-12(18(21)22)9-13(15-6-4-8-30-15)23-19(17)26(24-11)10-16(27)25-7-3-5-14(25)20(28)29-2/h4,6,8-9,14,18H,3,5,7,10H2,1-2H3. The van der Waals surface area contributed by atoms with Crippen molar-refractivity contribution in [3.05, 3.63) is 35.7 Å². The number of furan rings is 1. The summed E-state index contributed by atoms with van der Waals surface area (Å²) in [5.74, 6) is -0.488. The summed E-state index contributed by atoms with van der Waals surface area (Å²) in [5.41, 5.74) is 0.512. The number of methoxy groups -OCH3 is 1. The van der Waals surface area contributed by atoms with Gasteiger partial charge in [-0.15, -0.1) is 0 Å². The lowest BCUT2D eigenvalue weighted by molar-refractivity contribution is -0.151. The number of hydrogen-bond donors (Lipinski definition) is 0. The number of fused-ring (bicyclic) bond motifs is 1. The summed E-state index contributed by atoms with van der Waals surface area (Å²) in [6, 6.07) is 3.89. The van der Waals surface area contributed by atoms with E-state index >= 15 is 0 Å². The molecule has 1 unspecified atom stereocenters. The van der Waals surface area contributed by atoms with Crippen LogP contribution in [0, 0.1) is 6.92 Å². The Morgan fingerprint density at radius 3 is 2.87 bits per heavy atom. The van der Waals surface area contributed by atoms with Crippen LogP contribution in [0.25, 0.3) is 22.5 Å². The monoisotopic (exact) mass is 418 g/mol. The molecule has 0 bridgehead atoms. The third-order valence-electron chi connectivity index (χ3n) is 5.25. The van der Waals surface area contributed by atoms with E-state index in [9.17, 15) is 18.4 Å². The number of ether oxygens (including phenoxy) is 1. The number of alkyl halides is 2. The zero-order valence-electron chi connectivity index (χ0n) is 16.5. The average Bonchev–Trinajstić information content (AvgIpc) is 3.47. The summed E-state index contributed by atoms with van der Waals surface area (Å²) in [6.07, 6.45) is -0.122. The number of halogens is 2. The van der Waals surface area contributed by atoms with Gasteiger partial charge in [-0.2, -0.15) is 5.10 Å². The van der Waals surface area contributed by atoms with E-state index in [-0.39, 0.29) is 34.7 Å². The minimum Gasteiger partial charge on any atom is -0.467 e. The maximum absolute atomic E-state index is 13.8. The Labute approximate surface area is 170 Å². The zero-order chi connectivity index (χ0) is 21.4. The lowest BCUT2D eigenvalue weighted by Gasteiger charge is -2.22. The van der Waals surface area contributed by atoms with Crippen molar-refractivity contribution in [1.29, 1.82) is 0 Å². The second-order valence-electron chi connectivity index (χ2n) is 7.08. The summed E-state index contributed by atoms with van der Waals surface area (Å²) >= 11 is 0. The van der Waals surface area contributed by atoms with E-state index in [2.05, 4.69) is 10.1 Å². The summed E-state index contributed by atoms with van der Waals surface area (Å²) in [6.45, 7) is 1.79. The molecule has 1 atom stereocenters. The van der Waals surface area contributed by atoms with Gasteiger partial charge in [-0.05, 0) is 38.0 Å². The number of rotatable bonds is 5. The van der Waals surface area contributed by atoms with Crippen LogP contribution in [0.15, 0.2) is 28.9 Å². The fourth-order valence-electron chi connectivity index (χ4n) is 3.88. The fourth-order valence-corrected chi connectivity index (χ4v) is 3.88. The van der Waals surface area contributed by atoms with Gasteiger partial charge in [0, 0.05) is 12.1 Å². The second-order valence-corrected chi connectivity index (χ2v) is 7.08. The molecule has 30 heavy (non-hydrogen) atoms. The quantitative estimate of drug-likeness (QED) is 0.592. The molecule has 3 aromatic heterocycles. The fraction of sp³-hybridized carbons (Fsp3) is 0.400. The van der Waals surface area contributed by atoms with Crippen molar-refractivity contribution in [1.82, 2.24) is 19.7 Å². The number of nitrogens with zero attached hydrogens (tertiary/aromatic N) is 4. The number of carbonyl (C=O) groups is 2. The number of carbonyl (C=O) groups excluding carboxylic acids is 2. The molecule has 1 amide bonds. The normalized spacial score (nSPS) is 16.6. The Morgan fingerprint density at radius 2 is 2.20 bits per heavy atom. The van der Waals surface area contributed by atoms with E-state index in [0.717, 1.165) is 0 Å². The first-order valence-corrected chi connectivity index (χ1v) is 9.48. The van der Waals surface area contributed by atoms with E-state index < -0.39 is 18.4 Å². The molecule has 1 aliphatic rings. The van der Waals surface area contributed by atoms with E-state index in [0.29, 0.717) is 30.8 Å². The molecule has 8 nitrogen and oxygen atoms in total. The molecular weight excluding hydrogens is 398 g/mol. The maximum Gasteiger partial charge on any atom is 0.328 e. The van der Waals surface area contributed by atoms with Crippen molar-refractivity contribution in [3.63, 3.8) is 0 Å². The van der Waals surface area contributed by atoms with Crippen LogP contribution in [0.2, 0.25) is 0 Å². The van der Waals surface area contributed by atoms with Crippen molar-refractivity contribution < 1.29 is 27.5 Å².